The van der Waals surface area contributed by atoms with E-state index in [4.69, 9.17) is 0 Å². The smallest absolute Gasteiger partial charge is 0.00986 e. The fourth-order valence-electron chi connectivity index (χ4n) is 7.88. The second-order valence-electron chi connectivity index (χ2n) is 13.8. The van der Waals surface area contributed by atoms with Crippen LogP contribution in [0.1, 0.15) is 0 Å². The topological polar surface area (TPSA) is 0 Å². The van der Waals surface area contributed by atoms with Crippen LogP contribution in [0.5, 0.6) is 0 Å². The predicted octanol–water partition coefficient (Wildman–Crippen LogP) is 14.6. The van der Waals surface area contributed by atoms with Gasteiger partial charge in [-0.2, -0.15) is 0 Å². The SMILES string of the molecule is c1ccc(-c2cc(-c3ccc4cc(-c5ccc6cc(-c7ccccc7)ccc6c5)ccc4c3)cc(-c3cc4ccccc4c4ccccc34)c2)cc1. The Kier molecular flexibility index (Phi) is 7.25. The van der Waals surface area contributed by atoms with E-state index >= 15 is 0 Å². The predicted molar refractivity (Wildman–Crippen MR) is 224 cm³/mol. The van der Waals surface area contributed by atoms with Gasteiger partial charge in [-0.3, -0.25) is 0 Å². The highest BCUT2D eigenvalue weighted by atomic mass is 14.2. The zero-order valence-corrected chi connectivity index (χ0v) is 28.6. The lowest BCUT2D eigenvalue weighted by atomic mass is 9.89. The van der Waals surface area contributed by atoms with Gasteiger partial charge in [0.05, 0.1) is 0 Å². The maximum atomic E-state index is 2.37. The minimum absolute atomic E-state index is 1.21. The summed E-state index contributed by atoms with van der Waals surface area (Å²) in [5, 5.41) is 10.1. The van der Waals surface area contributed by atoms with E-state index in [9.17, 15) is 0 Å². The number of hydrogen-bond acceptors (Lipinski definition) is 0. The average molecular weight is 659 g/mol. The van der Waals surface area contributed by atoms with Crippen LogP contribution in [0.2, 0.25) is 0 Å². The van der Waals surface area contributed by atoms with Crippen LogP contribution >= 0.6 is 0 Å². The molecule has 0 spiro atoms. The maximum Gasteiger partial charge on any atom is -0.00986 e. The summed E-state index contributed by atoms with van der Waals surface area (Å²) in [7, 11) is 0. The molecule has 52 heavy (non-hydrogen) atoms. The lowest BCUT2D eigenvalue weighted by molar-refractivity contribution is 1.59. The fraction of sp³-hybridized carbons (Fsp3) is 0. The Morgan fingerprint density at radius 1 is 0.173 bits per heavy atom. The number of benzene rings is 10. The summed E-state index contributed by atoms with van der Waals surface area (Å²) >= 11 is 0. The van der Waals surface area contributed by atoms with Crippen molar-refractivity contribution in [2.45, 2.75) is 0 Å². The van der Waals surface area contributed by atoms with Gasteiger partial charge in [-0.25, -0.2) is 0 Å². The van der Waals surface area contributed by atoms with Gasteiger partial charge in [0.25, 0.3) is 0 Å². The summed E-state index contributed by atoms with van der Waals surface area (Å²) in [4.78, 5) is 0. The van der Waals surface area contributed by atoms with Crippen molar-refractivity contribution in [3.63, 3.8) is 0 Å². The molecule has 0 aliphatic rings. The van der Waals surface area contributed by atoms with Gasteiger partial charge in [0.2, 0.25) is 0 Å². The minimum Gasteiger partial charge on any atom is -0.0622 e. The Bertz CT molecular complexity index is 2940. The molecule has 0 nitrogen and oxygen atoms in total. The van der Waals surface area contributed by atoms with Crippen LogP contribution in [-0.2, 0) is 0 Å². The zero-order valence-electron chi connectivity index (χ0n) is 28.6. The summed E-state index contributed by atoms with van der Waals surface area (Å²) in [5.74, 6) is 0. The summed E-state index contributed by atoms with van der Waals surface area (Å²) in [6, 6.07) is 75.6. The van der Waals surface area contributed by atoms with Crippen molar-refractivity contribution in [2.24, 2.45) is 0 Å². The van der Waals surface area contributed by atoms with Gasteiger partial charge in [-0.1, -0.05) is 158 Å². The van der Waals surface area contributed by atoms with E-state index in [0.29, 0.717) is 0 Å². The molecule has 0 aliphatic heterocycles. The van der Waals surface area contributed by atoms with Crippen LogP contribution in [0.3, 0.4) is 0 Å². The molecular weight excluding hydrogens is 625 g/mol. The van der Waals surface area contributed by atoms with Gasteiger partial charge in [-0.05, 0) is 147 Å². The van der Waals surface area contributed by atoms with E-state index in [0.717, 1.165) is 0 Å². The molecule has 0 heteroatoms. The van der Waals surface area contributed by atoms with Crippen LogP contribution in [0.25, 0.3) is 98.7 Å². The lowest BCUT2D eigenvalue weighted by Crippen LogP contribution is -1.89. The molecule has 0 aliphatic carbocycles. The van der Waals surface area contributed by atoms with Crippen molar-refractivity contribution in [2.75, 3.05) is 0 Å². The molecule has 0 saturated heterocycles. The first-order valence-corrected chi connectivity index (χ1v) is 18.0. The zero-order chi connectivity index (χ0) is 34.4. The molecule has 0 heterocycles. The summed E-state index contributed by atoms with van der Waals surface area (Å²) in [6.07, 6.45) is 0. The molecule has 0 atom stereocenters. The molecule has 242 valence electrons. The first-order valence-electron chi connectivity index (χ1n) is 18.0. The molecular formula is C52H34. The Morgan fingerprint density at radius 3 is 1.12 bits per heavy atom. The lowest BCUT2D eigenvalue weighted by Gasteiger charge is -2.15. The van der Waals surface area contributed by atoms with Crippen LogP contribution < -0.4 is 0 Å². The maximum absolute atomic E-state index is 2.37. The first-order chi connectivity index (χ1) is 25.7. The Hall–Kier alpha value is -6.76. The highest BCUT2D eigenvalue weighted by Gasteiger charge is 2.13. The number of rotatable bonds is 5. The second-order valence-corrected chi connectivity index (χ2v) is 13.8. The third kappa shape index (κ3) is 5.43. The largest absolute Gasteiger partial charge is 0.0622 e. The van der Waals surface area contributed by atoms with E-state index in [-0.39, 0.29) is 0 Å². The molecule has 10 rings (SSSR count). The summed E-state index contributed by atoms with van der Waals surface area (Å²) < 4.78 is 0. The third-order valence-electron chi connectivity index (χ3n) is 10.6. The standard InChI is InChI=1S/C52H34/c1-3-11-35(12-4-1)37-19-20-39-28-40(22-21-38(39)27-37)41-23-24-43-30-44(26-25-42(43)29-41)47-31-46(36-13-5-2-6-14-36)32-48(33-47)52-34-45-15-7-8-16-49(45)50-17-9-10-18-51(50)52/h1-34H. The van der Waals surface area contributed by atoms with Crippen molar-refractivity contribution >= 4 is 43.1 Å². The van der Waals surface area contributed by atoms with Crippen molar-refractivity contribution in [1.29, 1.82) is 0 Å². The van der Waals surface area contributed by atoms with Crippen molar-refractivity contribution in [3.05, 3.63) is 206 Å². The van der Waals surface area contributed by atoms with Crippen LogP contribution in [0, 0.1) is 0 Å². The number of hydrogen-bond donors (Lipinski definition) is 0. The van der Waals surface area contributed by atoms with Crippen molar-refractivity contribution in [3.8, 4) is 55.6 Å². The molecule has 0 aromatic heterocycles. The van der Waals surface area contributed by atoms with Gasteiger partial charge < -0.3 is 0 Å². The van der Waals surface area contributed by atoms with Gasteiger partial charge >= 0.3 is 0 Å². The van der Waals surface area contributed by atoms with E-state index in [2.05, 4.69) is 206 Å². The second kappa shape index (κ2) is 12.5. The van der Waals surface area contributed by atoms with Gasteiger partial charge in [0, 0.05) is 0 Å². The highest BCUT2D eigenvalue weighted by Crippen LogP contribution is 2.40. The van der Waals surface area contributed by atoms with Crippen LogP contribution in [0.4, 0.5) is 0 Å². The average Bonchev–Trinajstić information content (AvgIpc) is 3.23. The Labute approximate surface area is 303 Å². The third-order valence-corrected chi connectivity index (χ3v) is 10.6. The van der Waals surface area contributed by atoms with Crippen molar-refractivity contribution < 1.29 is 0 Å². The van der Waals surface area contributed by atoms with Gasteiger partial charge in [0.15, 0.2) is 0 Å². The summed E-state index contributed by atoms with van der Waals surface area (Å²) in [5.41, 5.74) is 12.3. The summed E-state index contributed by atoms with van der Waals surface area (Å²) in [6.45, 7) is 0. The first kappa shape index (κ1) is 30.1. The molecule has 0 amide bonds. The Balaban J connectivity index is 1.06. The van der Waals surface area contributed by atoms with E-state index in [1.54, 1.807) is 0 Å². The molecule has 0 unspecified atom stereocenters. The molecule has 0 fully saturated rings. The molecule has 0 saturated carbocycles. The van der Waals surface area contributed by atoms with Gasteiger partial charge in [-0.15, -0.1) is 0 Å². The van der Waals surface area contributed by atoms with E-state index < -0.39 is 0 Å². The van der Waals surface area contributed by atoms with Crippen LogP contribution in [0.15, 0.2) is 206 Å². The normalized spacial score (nSPS) is 11.5. The molecule has 0 N–H and O–H groups in total. The highest BCUT2D eigenvalue weighted by molar-refractivity contribution is 6.14. The van der Waals surface area contributed by atoms with E-state index in [1.165, 1.54) is 98.7 Å². The quantitative estimate of drug-likeness (QED) is 0.161. The minimum atomic E-state index is 1.21. The number of fused-ring (bicyclic) bond motifs is 5. The monoisotopic (exact) mass is 658 g/mol. The molecule has 0 bridgehead atoms. The van der Waals surface area contributed by atoms with Crippen molar-refractivity contribution in [1.82, 2.24) is 0 Å². The fourth-order valence-corrected chi connectivity index (χ4v) is 7.88. The van der Waals surface area contributed by atoms with E-state index in [1.807, 2.05) is 0 Å². The molecule has 10 aromatic rings. The molecule has 10 aromatic carbocycles. The molecule has 0 radical (unpaired) electrons. The van der Waals surface area contributed by atoms with Gasteiger partial charge in [0.1, 0.15) is 0 Å². The Morgan fingerprint density at radius 2 is 0.558 bits per heavy atom. The van der Waals surface area contributed by atoms with Crippen LogP contribution in [-0.4, -0.2) is 0 Å².